The molecule has 1 saturated carbocycles. The minimum Gasteiger partial charge on any atom is -0.371 e. The van der Waals surface area contributed by atoms with E-state index >= 15 is 0 Å². The number of likely N-dealkylation sites (tertiary alicyclic amines) is 1. The van der Waals surface area contributed by atoms with Gasteiger partial charge in [-0.2, -0.15) is 0 Å². The molecule has 68 heavy (non-hydrogen) atoms. The smallest absolute Gasteiger partial charge is 0.262 e. The van der Waals surface area contributed by atoms with Crippen molar-refractivity contribution in [3.63, 3.8) is 0 Å². The summed E-state index contributed by atoms with van der Waals surface area (Å²) >= 11 is 0. The second kappa shape index (κ2) is 18.8. The fourth-order valence-electron chi connectivity index (χ4n) is 11.1. The van der Waals surface area contributed by atoms with Crippen LogP contribution >= 0.6 is 0 Å². The van der Waals surface area contributed by atoms with Gasteiger partial charge in [0.2, 0.25) is 17.7 Å². The summed E-state index contributed by atoms with van der Waals surface area (Å²) in [5, 5.41) is 8.91. The molecule has 17 heteroatoms. The number of benzene rings is 3. The van der Waals surface area contributed by atoms with Crippen LogP contribution in [0.2, 0.25) is 0 Å². The zero-order chi connectivity index (χ0) is 46.3. The summed E-state index contributed by atoms with van der Waals surface area (Å²) in [5.74, 6) is 0.141. The molecule has 3 N–H and O–H groups in total. The van der Waals surface area contributed by atoms with Crippen molar-refractivity contribution in [2.45, 2.75) is 69.5 Å². The van der Waals surface area contributed by atoms with Crippen LogP contribution in [-0.2, 0) is 20.8 Å². The fraction of sp³-hybridized carbons (Fsp3) is 0.451. The first kappa shape index (κ1) is 43.8. The van der Waals surface area contributed by atoms with E-state index in [1.807, 2.05) is 42.7 Å². The third-order valence-electron chi connectivity index (χ3n) is 15.1. The van der Waals surface area contributed by atoms with Crippen molar-refractivity contribution in [2.75, 3.05) is 80.6 Å². The number of nitrogens with zero attached hydrogens (tertiary/aromatic N) is 9. The summed E-state index contributed by atoms with van der Waals surface area (Å²) in [6.07, 6.45) is 9.48. The van der Waals surface area contributed by atoms with E-state index in [1.54, 1.807) is 18.5 Å². The number of imidazole rings is 1. The Labute approximate surface area is 395 Å². The van der Waals surface area contributed by atoms with Gasteiger partial charge in [-0.25, -0.2) is 15.0 Å². The van der Waals surface area contributed by atoms with Crippen LogP contribution in [0.1, 0.15) is 77.3 Å². The van der Waals surface area contributed by atoms with Gasteiger partial charge in [-0.1, -0.05) is 30.3 Å². The van der Waals surface area contributed by atoms with Crippen LogP contribution in [-0.4, -0.2) is 141 Å². The number of piperidine rings is 2. The van der Waals surface area contributed by atoms with E-state index in [4.69, 9.17) is 4.98 Å². The van der Waals surface area contributed by atoms with Gasteiger partial charge in [0, 0.05) is 87.3 Å². The average Bonchev–Trinajstić information content (AvgIpc) is 3.86. The maximum absolute atomic E-state index is 13.3. The predicted molar refractivity (Wildman–Crippen MR) is 257 cm³/mol. The molecule has 352 valence electrons. The van der Waals surface area contributed by atoms with Crippen molar-refractivity contribution in [1.29, 1.82) is 0 Å². The van der Waals surface area contributed by atoms with Crippen LogP contribution in [0.5, 0.6) is 0 Å². The molecule has 0 radical (unpaired) electrons. The van der Waals surface area contributed by atoms with Gasteiger partial charge >= 0.3 is 0 Å². The largest absolute Gasteiger partial charge is 0.371 e. The Morgan fingerprint density at radius 2 is 1.49 bits per heavy atom. The molecule has 1 unspecified atom stereocenters. The number of aromatic nitrogens is 4. The predicted octanol–water partition coefficient (Wildman–Crippen LogP) is 4.39. The lowest BCUT2D eigenvalue weighted by Gasteiger charge is -2.44. The molecule has 0 bridgehead atoms. The zero-order valence-electron chi connectivity index (χ0n) is 38.3. The molecule has 0 spiro atoms. The van der Waals surface area contributed by atoms with Crippen molar-refractivity contribution in [3.8, 4) is 0 Å². The quantitative estimate of drug-likeness (QED) is 0.134. The lowest BCUT2D eigenvalue weighted by molar-refractivity contribution is -0.136. The molecule has 1 atom stereocenters. The Kier molecular flexibility index (Phi) is 12.1. The van der Waals surface area contributed by atoms with Crippen molar-refractivity contribution in [3.05, 3.63) is 102 Å². The highest BCUT2D eigenvalue weighted by atomic mass is 16.2. The number of fused-ring (bicyclic) bond motifs is 2. The Morgan fingerprint density at radius 1 is 0.735 bits per heavy atom. The third-order valence-corrected chi connectivity index (χ3v) is 15.1. The number of amides is 5. The van der Waals surface area contributed by atoms with Crippen molar-refractivity contribution in [2.24, 2.45) is 11.8 Å². The Morgan fingerprint density at radius 3 is 2.25 bits per heavy atom. The highest BCUT2D eigenvalue weighted by Gasteiger charge is 2.45. The lowest BCUT2D eigenvalue weighted by Crippen LogP contribution is -2.54. The van der Waals surface area contributed by atoms with Crippen LogP contribution in [0.3, 0.4) is 0 Å². The number of carbonyl (C=O) groups excluding carboxylic acids is 5. The van der Waals surface area contributed by atoms with Crippen LogP contribution in [0, 0.1) is 11.8 Å². The summed E-state index contributed by atoms with van der Waals surface area (Å²) in [4.78, 5) is 87.9. The summed E-state index contributed by atoms with van der Waals surface area (Å²) in [6, 6.07) is 23.2. The van der Waals surface area contributed by atoms with Crippen LogP contribution in [0.4, 0.5) is 22.9 Å². The highest BCUT2D eigenvalue weighted by Crippen LogP contribution is 2.37. The molecule has 1 aliphatic carbocycles. The molecule has 5 aliphatic heterocycles. The second-order valence-corrected chi connectivity index (χ2v) is 19.6. The van der Waals surface area contributed by atoms with E-state index in [-0.39, 0.29) is 36.7 Å². The normalized spacial score (nSPS) is 22.8. The van der Waals surface area contributed by atoms with Gasteiger partial charge in [0.1, 0.15) is 12.4 Å². The van der Waals surface area contributed by atoms with Gasteiger partial charge in [-0.05, 0) is 112 Å². The van der Waals surface area contributed by atoms with Gasteiger partial charge in [0.25, 0.3) is 11.8 Å². The molecule has 5 amide bonds. The molecule has 6 aliphatic rings. The standard InChI is InChI=1S/C51H58N12O5/c64-44-13-12-43(49(66)57-44)63-50(67)41-11-10-39(27-42(41)51(63)68)61-29-35(30-61)28-59-18-15-33(16-19-59)14-17-58-20-22-60(23-21-58)38-8-6-36(7-9-38)56-47-46-48(53-31-52-47)62(32-54-46)40-25-37(26-40)55-45(65)24-34-4-2-1-3-5-34/h1-11,27,31-33,35,37,40,43H,12-26,28-30H2,(H,55,65)(H,52,53,56)(H,57,64,66). The van der Waals surface area contributed by atoms with E-state index in [9.17, 15) is 24.0 Å². The van der Waals surface area contributed by atoms with Crippen molar-refractivity contribution >= 4 is 63.6 Å². The minimum atomic E-state index is -0.954. The van der Waals surface area contributed by atoms with E-state index in [0.717, 1.165) is 117 Å². The van der Waals surface area contributed by atoms with Crippen molar-refractivity contribution < 1.29 is 24.0 Å². The van der Waals surface area contributed by atoms with E-state index in [0.29, 0.717) is 29.3 Å². The van der Waals surface area contributed by atoms with Gasteiger partial charge in [0.15, 0.2) is 17.0 Å². The van der Waals surface area contributed by atoms with Crippen LogP contribution < -0.4 is 25.8 Å². The van der Waals surface area contributed by atoms with Gasteiger partial charge in [-0.3, -0.25) is 39.1 Å². The van der Waals surface area contributed by atoms with E-state index < -0.39 is 23.8 Å². The summed E-state index contributed by atoms with van der Waals surface area (Å²) in [7, 11) is 0. The molecular weight excluding hydrogens is 861 g/mol. The van der Waals surface area contributed by atoms with E-state index in [2.05, 4.69) is 74.4 Å². The molecular formula is C51H58N12O5. The van der Waals surface area contributed by atoms with Crippen LogP contribution in [0.15, 0.2) is 85.5 Å². The Bertz CT molecular complexity index is 2700. The maximum atomic E-state index is 13.3. The Balaban J connectivity index is 0.580. The SMILES string of the molecule is O=C1CCC(N2C(=O)c3ccc(N4CC(CN5CCC(CCN6CCN(c7ccc(Nc8ncnc9c8ncn9C8CC(NC(=O)Cc9ccccc9)C8)cc7)CC6)CC5)C4)cc3C2=O)C(=O)N1. The van der Waals surface area contributed by atoms with Gasteiger partial charge in [0.05, 0.1) is 23.9 Å². The zero-order valence-corrected chi connectivity index (χ0v) is 38.3. The number of imide groups is 2. The average molecular weight is 919 g/mol. The number of hydrogen-bond acceptors (Lipinski definition) is 13. The molecule has 4 saturated heterocycles. The number of carbonyl (C=O) groups is 5. The minimum absolute atomic E-state index is 0.0525. The highest BCUT2D eigenvalue weighted by molar-refractivity contribution is 6.23. The van der Waals surface area contributed by atoms with E-state index in [1.165, 1.54) is 24.9 Å². The number of nitrogens with one attached hydrogen (secondary N) is 3. The molecule has 11 rings (SSSR count). The molecule has 7 heterocycles. The topological polar surface area (TPSA) is 181 Å². The molecule has 2 aromatic heterocycles. The first-order chi connectivity index (χ1) is 33.2. The van der Waals surface area contributed by atoms with Crippen molar-refractivity contribution in [1.82, 2.24) is 44.9 Å². The maximum Gasteiger partial charge on any atom is 0.262 e. The number of piperazine rings is 1. The van der Waals surface area contributed by atoms with Crippen LogP contribution in [0.25, 0.3) is 11.2 Å². The number of hydrogen-bond donors (Lipinski definition) is 3. The van der Waals surface area contributed by atoms with Gasteiger partial charge in [-0.15, -0.1) is 0 Å². The molecule has 3 aromatic carbocycles. The van der Waals surface area contributed by atoms with Gasteiger partial charge < -0.3 is 29.9 Å². The molecule has 5 aromatic rings. The summed E-state index contributed by atoms with van der Waals surface area (Å²) < 4.78 is 2.11. The first-order valence-corrected chi connectivity index (χ1v) is 24.4. The monoisotopic (exact) mass is 918 g/mol. The Hall–Kier alpha value is -6.72. The first-order valence-electron chi connectivity index (χ1n) is 24.4. The summed E-state index contributed by atoms with van der Waals surface area (Å²) in [5.41, 5.74) is 6.28. The number of anilines is 4. The second-order valence-electron chi connectivity index (χ2n) is 19.6. The lowest BCUT2D eigenvalue weighted by atomic mass is 9.86. The molecule has 5 fully saturated rings. The molecule has 17 nitrogen and oxygen atoms in total. The number of rotatable bonds is 14. The summed E-state index contributed by atoms with van der Waals surface area (Å²) in [6.45, 7) is 10.4. The third kappa shape index (κ3) is 9.04. The fourth-order valence-corrected chi connectivity index (χ4v) is 11.1.